The smallest absolute Gasteiger partial charge is 0.146 e. The van der Waals surface area contributed by atoms with E-state index in [4.69, 9.17) is 4.74 Å². The van der Waals surface area contributed by atoms with Gasteiger partial charge in [-0.05, 0) is 12.1 Å². The first-order valence-corrected chi connectivity index (χ1v) is 9.14. The molecular formula is C19H29N5O. The van der Waals surface area contributed by atoms with Crippen molar-refractivity contribution in [2.24, 2.45) is 7.05 Å². The van der Waals surface area contributed by atoms with Crippen molar-refractivity contribution in [3.05, 3.63) is 42.0 Å². The van der Waals surface area contributed by atoms with Crippen molar-refractivity contribution >= 4 is 0 Å². The van der Waals surface area contributed by atoms with Crippen molar-refractivity contribution in [2.45, 2.75) is 26.3 Å². The van der Waals surface area contributed by atoms with Crippen LogP contribution in [0.2, 0.25) is 0 Å². The first-order chi connectivity index (χ1) is 12.1. The van der Waals surface area contributed by atoms with Gasteiger partial charge in [0.1, 0.15) is 24.0 Å². The molecule has 1 aliphatic heterocycles. The summed E-state index contributed by atoms with van der Waals surface area (Å²) in [4.78, 5) is 4.93. The van der Waals surface area contributed by atoms with Crippen LogP contribution >= 0.6 is 0 Å². The second kappa shape index (κ2) is 8.45. The molecule has 0 radical (unpaired) electrons. The van der Waals surface area contributed by atoms with Gasteiger partial charge in [0.15, 0.2) is 0 Å². The highest BCUT2D eigenvalue weighted by Gasteiger charge is 2.19. The molecule has 6 nitrogen and oxygen atoms in total. The molecule has 2 aromatic rings. The lowest BCUT2D eigenvalue weighted by atomic mass is 10.2. The Hall–Kier alpha value is -1.92. The number of rotatable bonds is 7. The van der Waals surface area contributed by atoms with Crippen LogP contribution in [0.4, 0.5) is 0 Å². The van der Waals surface area contributed by atoms with Crippen molar-refractivity contribution in [3.63, 3.8) is 0 Å². The van der Waals surface area contributed by atoms with Gasteiger partial charge >= 0.3 is 0 Å². The molecule has 0 amide bonds. The van der Waals surface area contributed by atoms with Crippen molar-refractivity contribution in [2.75, 3.05) is 39.3 Å². The molecule has 1 aliphatic rings. The maximum absolute atomic E-state index is 5.80. The second-order valence-corrected chi connectivity index (χ2v) is 6.97. The fraction of sp³-hybridized carbons (Fsp3) is 0.579. The minimum absolute atomic E-state index is 0.410. The van der Waals surface area contributed by atoms with E-state index >= 15 is 0 Å². The highest BCUT2D eigenvalue weighted by molar-refractivity contribution is 5.20. The first-order valence-electron chi connectivity index (χ1n) is 9.14. The van der Waals surface area contributed by atoms with E-state index in [0.29, 0.717) is 5.92 Å². The fourth-order valence-corrected chi connectivity index (χ4v) is 3.20. The van der Waals surface area contributed by atoms with Crippen LogP contribution in [0.3, 0.4) is 0 Å². The average Bonchev–Trinajstić information content (AvgIpc) is 2.98. The third-order valence-corrected chi connectivity index (χ3v) is 4.76. The van der Waals surface area contributed by atoms with Crippen LogP contribution < -0.4 is 4.74 Å². The van der Waals surface area contributed by atoms with Crippen molar-refractivity contribution < 1.29 is 4.74 Å². The summed E-state index contributed by atoms with van der Waals surface area (Å²) in [6.07, 6.45) is 0. The highest BCUT2D eigenvalue weighted by atomic mass is 16.5. The molecule has 2 heterocycles. The van der Waals surface area contributed by atoms with Crippen molar-refractivity contribution in [3.8, 4) is 5.75 Å². The van der Waals surface area contributed by atoms with Crippen LogP contribution in [0.1, 0.15) is 31.4 Å². The minimum atomic E-state index is 0.410. The Labute approximate surface area is 150 Å². The van der Waals surface area contributed by atoms with E-state index in [9.17, 15) is 0 Å². The quantitative estimate of drug-likeness (QED) is 0.771. The lowest BCUT2D eigenvalue weighted by Crippen LogP contribution is -2.47. The molecule has 0 unspecified atom stereocenters. The maximum atomic E-state index is 5.80. The Bertz CT molecular complexity index is 647. The van der Waals surface area contributed by atoms with Crippen LogP contribution in [0.5, 0.6) is 5.75 Å². The van der Waals surface area contributed by atoms with E-state index in [2.05, 4.69) is 45.5 Å². The molecule has 136 valence electrons. The van der Waals surface area contributed by atoms with E-state index in [1.807, 2.05) is 30.3 Å². The number of hydrogen-bond acceptors (Lipinski definition) is 5. The van der Waals surface area contributed by atoms with Gasteiger partial charge < -0.3 is 9.30 Å². The Morgan fingerprint density at radius 3 is 2.32 bits per heavy atom. The summed E-state index contributed by atoms with van der Waals surface area (Å²) in [5, 5.41) is 8.70. The van der Waals surface area contributed by atoms with Crippen LogP contribution in [0.15, 0.2) is 30.3 Å². The maximum Gasteiger partial charge on any atom is 0.146 e. The topological polar surface area (TPSA) is 46.4 Å². The summed E-state index contributed by atoms with van der Waals surface area (Å²) in [7, 11) is 2.07. The molecule has 0 aliphatic carbocycles. The zero-order valence-electron chi connectivity index (χ0n) is 15.6. The minimum Gasteiger partial charge on any atom is -0.492 e. The van der Waals surface area contributed by atoms with E-state index < -0.39 is 0 Å². The number of benzene rings is 1. The molecule has 3 rings (SSSR count). The largest absolute Gasteiger partial charge is 0.492 e. The van der Waals surface area contributed by atoms with Gasteiger partial charge in [0.2, 0.25) is 0 Å². The van der Waals surface area contributed by atoms with Gasteiger partial charge in [-0.2, -0.15) is 0 Å². The second-order valence-electron chi connectivity index (χ2n) is 6.97. The van der Waals surface area contributed by atoms with Gasteiger partial charge in [0.05, 0.1) is 6.54 Å². The molecular weight excluding hydrogens is 314 g/mol. The third-order valence-electron chi connectivity index (χ3n) is 4.76. The molecule has 0 bridgehead atoms. The molecule has 0 spiro atoms. The third kappa shape index (κ3) is 4.80. The predicted molar refractivity (Wildman–Crippen MR) is 98.7 cm³/mol. The van der Waals surface area contributed by atoms with E-state index in [-0.39, 0.29) is 0 Å². The summed E-state index contributed by atoms with van der Waals surface area (Å²) in [5.74, 6) is 3.48. The van der Waals surface area contributed by atoms with Gasteiger partial charge in [0.25, 0.3) is 0 Å². The van der Waals surface area contributed by atoms with Gasteiger partial charge in [-0.1, -0.05) is 32.0 Å². The van der Waals surface area contributed by atoms with Crippen LogP contribution in [0, 0.1) is 0 Å². The van der Waals surface area contributed by atoms with Crippen molar-refractivity contribution in [1.29, 1.82) is 0 Å². The number of aromatic nitrogens is 3. The number of piperazine rings is 1. The van der Waals surface area contributed by atoms with Gasteiger partial charge in [-0.25, -0.2) is 0 Å². The van der Waals surface area contributed by atoms with Crippen LogP contribution in [-0.4, -0.2) is 63.9 Å². The molecule has 0 atom stereocenters. The number of nitrogens with zero attached hydrogens (tertiary/aromatic N) is 5. The molecule has 1 fully saturated rings. The first kappa shape index (κ1) is 17.9. The monoisotopic (exact) mass is 343 g/mol. The number of hydrogen-bond donors (Lipinski definition) is 0. The Morgan fingerprint density at radius 1 is 1.00 bits per heavy atom. The standard InChI is InChI=1S/C19H29N5O/c1-16(2)19-21-20-18(22(19)3)15-24-11-9-23(10-12-24)13-14-25-17-7-5-4-6-8-17/h4-8,16H,9-15H2,1-3H3. The summed E-state index contributed by atoms with van der Waals surface area (Å²) in [6, 6.07) is 10.0. The van der Waals surface area contributed by atoms with Crippen molar-refractivity contribution in [1.82, 2.24) is 24.6 Å². The summed E-state index contributed by atoms with van der Waals surface area (Å²) in [5.41, 5.74) is 0. The SMILES string of the molecule is CC(C)c1nnc(CN2CCN(CCOc3ccccc3)CC2)n1C. The van der Waals surface area contributed by atoms with E-state index in [1.54, 1.807) is 0 Å². The Kier molecular flexibility index (Phi) is 6.04. The molecule has 1 aromatic heterocycles. The van der Waals surface area contributed by atoms with E-state index in [1.165, 1.54) is 0 Å². The highest BCUT2D eigenvalue weighted by Crippen LogP contribution is 2.14. The predicted octanol–water partition coefficient (Wildman–Crippen LogP) is 2.14. The molecule has 1 aromatic carbocycles. The molecule has 0 saturated carbocycles. The molecule has 6 heteroatoms. The summed E-state index contributed by atoms with van der Waals surface area (Å²) >= 11 is 0. The Morgan fingerprint density at radius 2 is 1.68 bits per heavy atom. The summed E-state index contributed by atoms with van der Waals surface area (Å²) < 4.78 is 7.94. The van der Waals surface area contributed by atoms with Crippen LogP contribution in [0.25, 0.3) is 0 Å². The fourth-order valence-electron chi connectivity index (χ4n) is 3.20. The summed E-state index contributed by atoms with van der Waals surface area (Å²) in [6.45, 7) is 11.2. The number of para-hydroxylation sites is 1. The van der Waals surface area contributed by atoms with Gasteiger partial charge in [0, 0.05) is 45.7 Å². The normalized spacial score (nSPS) is 16.5. The van der Waals surface area contributed by atoms with Gasteiger partial charge in [-0.15, -0.1) is 10.2 Å². The molecule has 25 heavy (non-hydrogen) atoms. The van der Waals surface area contributed by atoms with Crippen LogP contribution in [-0.2, 0) is 13.6 Å². The molecule has 1 saturated heterocycles. The molecule has 0 N–H and O–H groups in total. The average molecular weight is 343 g/mol. The number of ether oxygens (including phenoxy) is 1. The lowest BCUT2D eigenvalue weighted by Gasteiger charge is -2.34. The lowest BCUT2D eigenvalue weighted by molar-refractivity contribution is 0.110. The van der Waals surface area contributed by atoms with Gasteiger partial charge in [-0.3, -0.25) is 9.80 Å². The zero-order chi connectivity index (χ0) is 17.6. The zero-order valence-corrected chi connectivity index (χ0v) is 15.6. The van der Waals surface area contributed by atoms with E-state index in [0.717, 1.165) is 63.3 Å². The Balaban J connectivity index is 1.40.